The molecule has 0 aliphatic rings. The maximum atomic E-state index is 11.7. The van der Waals surface area contributed by atoms with Crippen molar-refractivity contribution in [3.8, 4) is 5.75 Å². The highest BCUT2D eigenvalue weighted by Gasteiger charge is 2.05. The van der Waals surface area contributed by atoms with Gasteiger partial charge in [-0.1, -0.05) is 48.5 Å². The van der Waals surface area contributed by atoms with E-state index in [1.165, 1.54) is 6.08 Å². The minimum Gasteiger partial charge on any atom is -0.490 e. The normalized spacial score (nSPS) is 10.5. The van der Waals surface area contributed by atoms with Gasteiger partial charge in [-0.3, -0.25) is 4.79 Å². The molecule has 0 fully saturated rings. The SMILES string of the molecule is C=CCOc1ccc(/C=C/C(=O)OCC(=O)NCCc2ccc(Cl)cc2)cc1. The van der Waals surface area contributed by atoms with Crippen LogP contribution in [0.4, 0.5) is 0 Å². The van der Waals surface area contributed by atoms with Crippen LogP contribution in [0, 0.1) is 0 Å². The zero-order valence-electron chi connectivity index (χ0n) is 15.4. The molecule has 1 amide bonds. The highest BCUT2D eigenvalue weighted by molar-refractivity contribution is 6.30. The molecule has 0 spiro atoms. The van der Waals surface area contributed by atoms with E-state index in [9.17, 15) is 9.59 Å². The summed E-state index contributed by atoms with van der Waals surface area (Å²) in [5, 5.41) is 3.37. The van der Waals surface area contributed by atoms with Gasteiger partial charge in [-0.2, -0.15) is 0 Å². The lowest BCUT2D eigenvalue weighted by Gasteiger charge is -2.06. The van der Waals surface area contributed by atoms with E-state index in [4.69, 9.17) is 21.1 Å². The van der Waals surface area contributed by atoms with Gasteiger partial charge in [0.25, 0.3) is 5.91 Å². The molecular formula is C22H22ClNO4. The van der Waals surface area contributed by atoms with Gasteiger partial charge in [0.15, 0.2) is 6.61 Å². The minimum atomic E-state index is -0.583. The van der Waals surface area contributed by atoms with Gasteiger partial charge in [0, 0.05) is 17.6 Å². The standard InChI is InChI=1S/C22H22ClNO4/c1-2-15-27-20-10-5-17(6-11-20)7-12-22(26)28-16-21(25)24-14-13-18-3-8-19(23)9-4-18/h2-12H,1,13-16H2,(H,24,25)/b12-7+. The smallest absolute Gasteiger partial charge is 0.331 e. The topological polar surface area (TPSA) is 64.6 Å². The number of halogens is 1. The van der Waals surface area contributed by atoms with Crippen LogP contribution in [0.2, 0.25) is 5.02 Å². The first-order valence-electron chi connectivity index (χ1n) is 8.76. The Kier molecular flexibility index (Phi) is 8.82. The largest absolute Gasteiger partial charge is 0.490 e. The Morgan fingerprint density at radius 2 is 1.79 bits per heavy atom. The highest BCUT2D eigenvalue weighted by Crippen LogP contribution is 2.13. The predicted octanol–water partition coefficient (Wildman–Crippen LogP) is 3.82. The summed E-state index contributed by atoms with van der Waals surface area (Å²) in [7, 11) is 0. The van der Waals surface area contributed by atoms with Gasteiger partial charge < -0.3 is 14.8 Å². The first-order valence-corrected chi connectivity index (χ1v) is 9.14. The van der Waals surface area contributed by atoms with E-state index >= 15 is 0 Å². The molecule has 0 radical (unpaired) electrons. The molecule has 0 aromatic heterocycles. The Morgan fingerprint density at radius 1 is 1.07 bits per heavy atom. The number of hydrogen-bond acceptors (Lipinski definition) is 4. The van der Waals surface area contributed by atoms with Gasteiger partial charge in [0.05, 0.1) is 0 Å². The van der Waals surface area contributed by atoms with Gasteiger partial charge >= 0.3 is 5.97 Å². The van der Waals surface area contributed by atoms with Gasteiger partial charge in [-0.25, -0.2) is 4.79 Å². The maximum absolute atomic E-state index is 11.7. The summed E-state index contributed by atoms with van der Waals surface area (Å²) in [6, 6.07) is 14.6. The van der Waals surface area contributed by atoms with E-state index in [1.54, 1.807) is 36.4 Å². The minimum absolute atomic E-state index is 0.321. The molecule has 6 heteroatoms. The molecular weight excluding hydrogens is 378 g/mol. The summed E-state index contributed by atoms with van der Waals surface area (Å²) in [6.07, 6.45) is 5.22. The second-order valence-electron chi connectivity index (χ2n) is 5.84. The summed E-state index contributed by atoms with van der Waals surface area (Å²) in [4.78, 5) is 23.5. The Morgan fingerprint density at radius 3 is 2.46 bits per heavy atom. The van der Waals surface area contributed by atoms with Gasteiger partial charge in [0.2, 0.25) is 0 Å². The molecule has 0 aliphatic heterocycles. The fraction of sp³-hybridized carbons (Fsp3) is 0.182. The Hall–Kier alpha value is -3.05. The molecule has 5 nitrogen and oxygen atoms in total. The Balaban J connectivity index is 1.66. The molecule has 2 aromatic rings. The average molecular weight is 400 g/mol. The van der Waals surface area contributed by atoms with Crippen molar-refractivity contribution in [2.45, 2.75) is 6.42 Å². The number of hydrogen-bond donors (Lipinski definition) is 1. The molecule has 146 valence electrons. The number of ether oxygens (including phenoxy) is 2. The molecule has 1 N–H and O–H groups in total. The summed E-state index contributed by atoms with van der Waals surface area (Å²) in [5.74, 6) is -0.214. The number of benzene rings is 2. The van der Waals surface area contributed by atoms with E-state index in [0.29, 0.717) is 24.6 Å². The predicted molar refractivity (Wildman–Crippen MR) is 110 cm³/mol. The van der Waals surface area contributed by atoms with Crippen LogP contribution in [0.1, 0.15) is 11.1 Å². The van der Waals surface area contributed by atoms with Crippen LogP contribution in [-0.4, -0.2) is 31.6 Å². The van der Waals surface area contributed by atoms with Crippen LogP contribution in [-0.2, 0) is 20.7 Å². The molecule has 0 saturated carbocycles. The quantitative estimate of drug-likeness (QED) is 0.375. The van der Waals surface area contributed by atoms with E-state index in [2.05, 4.69) is 11.9 Å². The van der Waals surface area contributed by atoms with Gasteiger partial charge in [-0.15, -0.1) is 0 Å². The number of nitrogens with one attached hydrogen (secondary N) is 1. The summed E-state index contributed by atoms with van der Waals surface area (Å²) in [6.45, 7) is 4.15. The third kappa shape index (κ3) is 8.10. The third-order valence-electron chi connectivity index (χ3n) is 3.65. The molecule has 0 aliphatic carbocycles. The van der Waals surface area contributed by atoms with Crippen LogP contribution >= 0.6 is 11.6 Å². The molecule has 0 unspecified atom stereocenters. The zero-order valence-corrected chi connectivity index (χ0v) is 16.2. The van der Waals surface area contributed by atoms with Gasteiger partial charge in [0.1, 0.15) is 12.4 Å². The third-order valence-corrected chi connectivity index (χ3v) is 3.91. The van der Waals surface area contributed by atoms with Crippen molar-refractivity contribution in [1.82, 2.24) is 5.32 Å². The molecule has 0 atom stereocenters. The van der Waals surface area contributed by atoms with Crippen LogP contribution in [0.5, 0.6) is 5.75 Å². The van der Waals surface area contributed by atoms with Crippen molar-refractivity contribution in [2.24, 2.45) is 0 Å². The average Bonchev–Trinajstić information content (AvgIpc) is 2.71. The van der Waals surface area contributed by atoms with E-state index in [1.807, 2.05) is 24.3 Å². The van der Waals surface area contributed by atoms with Crippen molar-refractivity contribution >= 4 is 29.6 Å². The van der Waals surface area contributed by atoms with E-state index in [-0.39, 0.29) is 12.5 Å². The van der Waals surface area contributed by atoms with Gasteiger partial charge in [-0.05, 0) is 47.9 Å². The second kappa shape index (κ2) is 11.6. The van der Waals surface area contributed by atoms with Crippen LogP contribution < -0.4 is 10.1 Å². The molecule has 0 bridgehead atoms. The number of carbonyl (C=O) groups is 2. The lowest BCUT2D eigenvalue weighted by molar-refractivity contribution is -0.143. The number of carbonyl (C=O) groups excluding carboxylic acids is 2. The molecule has 0 saturated heterocycles. The summed E-state index contributed by atoms with van der Waals surface area (Å²) in [5.41, 5.74) is 1.88. The fourth-order valence-corrected chi connectivity index (χ4v) is 2.35. The number of esters is 1. The lowest BCUT2D eigenvalue weighted by Crippen LogP contribution is -2.30. The first kappa shape index (κ1) is 21.3. The molecule has 0 heterocycles. The van der Waals surface area contributed by atoms with Crippen molar-refractivity contribution in [1.29, 1.82) is 0 Å². The van der Waals surface area contributed by atoms with Crippen LogP contribution in [0.3, 0.4) is 0 Å². The van der Waals surface area contributed by atoms with Crippen LogP contribution in [0.25, 0.3) is 6.08 Å². The zero-order chi connectivity index (χ0) is 20.2. The Labute approximate surface area is 169 Å². The molecule has 2 rings (SSSR count). The monoisotopic (exact) mass is 399 g/mol. The highest BCUT2D eigenvalue weighted by atomic mass is 35.5. The maximum Gasteiger partial charge on any atom is 0.331 e. The lowest BCUT2D eigenvalue weighted by atomic mass is 10.1. The van der Waals surface area contributed by atoms with Crippen LogP contribution in [0.15, 0.2) is 67.3 Å². The molecule has 2 aromatic carbocycles. The van der Waals surface area contributed by atoms with Crippen molar-refractivity contribution in [3.05, 3.63) is 83.4 Å². The van der Waals surface area contributed by atoms with Crippen molar-refractivity contribution in [2.75, 3.05) is 19.8 Å². The fourth-order valence-electron chi connectivity index (χ4n) is 2.23. The summed E-state index contributed by atoms with van der Waals surface area (Å²) < 4.78 is 10.3. The number of rotatable bonds is 10. The Bertz CT molecular complexity index is 813. The first-order chi connectivity index (χ1) is 13.6. The van der Waals surface area contributed by atoms with Crippen molar-refractivity contribution < 1.29 is 19.1 Å². The van der Waals surface area contributed by atoms with Crippen molar-refractivity contribution in [3.63, 3.8) is 0 Å². The van der Waals surface area contributed by atoms with E-state index < -0.39 is 5.97 Å². The summed E-state index contributed by atoms with van der Waals surface area (Å²) >= 11 is 5.82. The molecule has 28 heavy (non-hydrogen) atoms. The second-order valence-corrected chi connectivity index (χ2v) is 6.27. The number of amides is 1. The van der Waals surface area contributed by atoms with E-state index in [0.717, 1.165) is 16.9 Å².